The van der Waals surface area contributed by atoms with Crippen molar-refractivity contribution in [1.29, 1.82) is 0 Å². The molecule has 10 nitrogen and oxygen atoms in total. The molecule has 46 heavy (non-hydrogen) atoms. The number of carbonyl (C=O) groups is 2. The molecule has 2 heterocycles. The van der Waals surface area contributed by atoms with Crippen molar-refractivity contribution in [2.45, 2.75) is 63.5 Å². The number of ether oxygens (including phenoxy) is 3. The highest BCUT2D eigenvalue weighted by atomic mass is 16.6. The lowest BCUT2D eigenvalue weighted by Crippen LogP contribution is -2.41. The number of carbonyl (C=O) groups excluding carboxylic acids is 2. The molecule has 10 heteroatoms. The Hall–Kier alpha value is -4.80. The Balaban J connectivity index is 1.43. The van der Waals surface area contributed by atoms with Crippen LogP contribution in [0.15, 0.2) is 107 Å². The standard InChI is InChI=1S/C36H39N3O7/c1-23(2)32(37)34(42)46-28-19-30(39-21-24(3)33(41)38-35(39)43)45-29(28)22-44-31(40)20-36(25-13-7-4-8-14-25,26-15-9-5-10-16-26)27-17-11-6-12-18-27/h4-18,21,23,28-30,32H,19-20,22,37H2,1-3H3,(H,38,41,43)/t28-,29+,30+,32+/m0/s1. The maximum atomic E-state index is 13.8. The lowest BCUT2D eigenvalue weighted by molar-refractivity contribution is -0.160. The number of rotatable bonds is 11. The Bertz CT molecular complexity index is 1660. The molecule has 5 rings (SSSR count). The zero-order valence-electron chi connectivity index (χ0n) is 26.1. The number of nitrogens with one attached hydrogen (secondary N) is 1. The normalized spacial score (nSPS) is 18.7. The van der Waals surface area contributed by atoms with Gasteiger partial charge in [-0.05, 0) is 29.5 Å². The van der Waals surface area contributed by atoms with Crippen molar-refractivity contribution >= 4 is 11.9 Å². The Morgan fingerprint density at radius 1 is 0.935 bits per heavy atom. The first-order valence-electron chi connectivity index (χ1n) is 15.4. The molecule has 4 aromatic rings. The van der Waals surface area contributed by atoms with E-state index in [1.54, 1.807) is 20.8 Å². The number of nitrogens with zero attached hydrogens (tertiary/aromatic N) is 1. The van der Waals surface area contributed by atoms with Crippen LogP contribution in [-0.2, 0) is 29.2 Å². The number of benzene rings is 3. The van der Waals surface area contributed by atoms with Gasteiger partial charge in [-0.15, -0.1) is 0 Å². The molecule has 240 valence electrons. The first kappa shape index (κ1) is 32.6. The number of hydrogen-bond donors (Lipinski definition) is 2. The SMILES string of the molecule is Cc1cn([C@H]2C[C@H](OC(=O)[C@H](N)C(C)C)[C@@H](COC(=O)CC(c3ccccc3)(c3ccccc3)c3ccccc3)O2)c(=O)[nH]c1=O. The summed E-state index contributed by atoms with van der Waals surface area (Å²) in [6.45, 7) is 4.94. The average Bonchev–Trinajstić information content (AvgIpc) is 3.47. The zero-order valence-corrected chi connectivity index (χ0v) is 26.1. The van der Waals surface area contributed by atoms with Gasteiger partial charge in [0.2, 0.25) is 0 Å². The minimum absolute atomic E-state index is 0.0254. The molecule has 4 atom stereocenters. The molecular formula is C36H39N3O7. The van der Waals surface area contributed by atoms with Gasteiger partial charge in [0.05, 0.1) is 11.8 Å². The van der Waals surface area contributed by atoms with Gasteiger partial charge in [-0.2, -0.15) is 0 Å². The molecule has 0 unspecified atom stereocenters. The molecule has 1 aromatic heterocycles. The number of aromatic amines is 1. The van der Waals surface area contributed by atoms with Crippen molar-refractivity contribution in [3.05, 3.63) is 140 Å². The molecule has 1 aliphatic heterocycles. The summed E-state index contributed by atoms with van der Waals surface area (Å²) in [5.41, 5.74) is 7.09. The first-order chi connectivity index (χ1) is 22.1. The number of hydrogen-bond acceptors (Lipinski definition) is 8. The van der Waals surface area contributed by atoms with Gasteiger partial charge in [-0.25, -0.2) is 4.79 Å². The molecule has 0 amide bonds. The fourth-order valence-electron chi connectivity index (χ4n) is 5.86. The molecule has 0 radical (unpaired) electrons. The monoisotopic (exact) mass is 625 g/mol. The van der Waals surface area contributed by atoms with Crippen LogP contribution in [0.1, 0.15) is 55.2 Å². The summed E-state index contributed by atoms with van der Waals surface area (Å²) < 4.78 is 19.1. The van der Waals surface area contributed by atoms with Crippen LogP contribution in [0.3, 0.4) is 0 Å². The predicted molar refractivity (Wildman–Crippen MR) is 172 cm³/mol. The Labute approximate surface area is 267 Å². The number of aryl methyl sites for hydroxylation is 1. The van der Waals surface area contributed by atoms with Crippen molar-refractivity contribution in [2.24, 2.45) is 11.7 Å². The van der Waals surface area contributed by atoms with E-state index in [2.05, 4.69) is 4.98 Å². The predicted octanol–water partition coefficient (Wildman–Crippen LogP) is 4.00. The van der Waals surface area contributed by atoms with Crippen LogP contribution in [0.4, 0.5) is 0 Å². The minimum atomic E-state index is -0.893. The molecule has 0 aliphatic carbocycles. The van der Waals surface area contributed by atoms with E-state index in [9.17, 15) is 19.2 Å². The second kappa shape index (κ2) is 14.1. The average molecular weight is 626 g/mol. The lowest BCUT2D eigenvalue weighted by Gasteiger charge is -2.35. The van der Waals surface area contributed by atoms with E-state index in [-0.39, 0.29) is 25.4 Å². The first-order valence-corrected chi connectivity index (χ1v) is 15.4. The zero-order chi connectivity index (χ0) is 32.8. The van der Waals surface area contributed by atoms with Crippen LogP contribution in [0.5, 0.6) is 0 Å². The molecule has 0 spiro atoms. The third kappa shape index (κ3) is 6.88. The highest BCUT2D eigenvalue weighted by Crippen LogP contribution is 2.42. The van der Waals surface area contributed by atoms with Crippen molar-refractivity contribution in [3.63, 3.8) is 0 Å². The molecule has 0 saturated carbocycles. The summed E-state index contributed by atoms with van der Waals surface area (Å²) in [6.07, 6.45) is -1.18. The fraction of sp³-hybridized carbons (Fsp3) is 0.333. The summed E-state index contributed by atoms with van der Waals surface area (Å²) in [5.74, 6) is -1.29. The Morgan fingerprint density at radius 2 is 1.46 bits per heavy atom. The summed E-state index contributed by atoms with van der Waals surface area (Å²) in [7, 11) is 0. The van der Waals surface area contributed by atoms with Crippen molar-refractivity contribution in [2.75, 3.05) is 6.61 Å². The quantitative estimate of drug-likeness (QED) is 0.188. The van der Waals surface area contributed by atoms with E-state index in [0.717, 1.165) is 16.7 Å². The van der Waals surface area contributed by atoms with E-state index in [4.69, 9.17) is 19.9 Å². The second-order valence-corrected chi connectivity index (χ2v) is 12.0. The largest absolute Gasteiger partial charge is 0.463 e. The van der Waals surface area contributed by atoms with Crippen LogP contribution < -0.4 is 17.0 Å². The van der Waals surface area contributed by atoms with Gasteiger partial charge in [0, 0.05) is 18.2 Å². The number of H-pyrrole nitrogens is 1. The number of esters is 2. The van der Waals surface area contributed by atoms with Gasteiger partial charge in [-0.1, -0.05) is 105 Å². The topological polar surface area (TPSA) is 143 Å². The smallest absolute Gasteiger partial charge is 0.330 e. The van der Waals surface area contributed by atoms with E-state index < -0.39 is 53.1 Å². The summed E-state index contributed by atoms with van der Waals surface area (Å²) in [6, 6.07) is 28.5. The fourth-order valence-corrected chi connectivity index (χ4v) is 5.86. The van der Waals surface area contributed by atoms with Crippen LogP contribution >= 0.6 is 0 Å². The molecule has 3 aromatic carbocycles. The second-order valence-electron chi connectivity index (χ2n) is 12.0. The molecule has 1 fully saturated rings. The highest BCUT2D eigenvalue weighted by molar-refractivity contribution is 5.76. The molecular weight excluding hydrogens is 586 g/mol. The summed E-state index contributed by atoms with van der Waals surface area (Å²) in [5, 5.41) is 0. The lowest BCUT2D eigenvalue weighted by atomic mass is 9.67. The van der Waals surface area contributed by atoms with Crippen LogP contribution in [-0.4, -0.2) is 46.3 Å². The van der Waals surface area contributed by atoms with Gasteiger partial charge in [0.1, 0.15) is 31.1 Å². The van der Waals surface area contributed by atoms with Gasteiger partial charge >= 0.3 is 17.6 Å². The third-order valence-electron chi connectivity index (χ3n) is 8.51. The van der Waals surface area contributed by atoms with Crippen LogP contribution in [0.2, 0.25) is 0 Å². The van der Waals surface area contributed by atoms with E-state index in [1.165, 1.54) is 10.8 Å². The van der Waals surface area contributed by atoms with Gasteiger partial charge in [0.15, 0.2) is 0 Å². The Kier molecular flexibility index (Phi) is 9.99. The third-order valence-corrected chi connectivity index (χ3v) is 8.51. The Morgan fingerprint density at radius 3 is 1.96 bits per heavy atom. The maximum Gasteiger partial charge on any atom is 0.330 e. The van der Waals surface area contributed by atoms with Crippen LogP contribution in [0, 0.1) is 12.8 Å². The maximum absolute atomic E-state index is 13.8. The molecule has 1 saturated heterocycles. The van der Waals surface area contributed by atoms with E-state index in [1.807, 2.05) is 91.0 Å². The summed E-state index contributed by atoms with van der Waals surface area (Å²) >= 11 is 0. The van der Waals surface area contributed by atoms with Gasteiger partial charge in [0.25, 0.3) is 5.56 Å². The van der Waals surface area contributed by atoms with Crippen molar-refractivity contribution in [3.8, 4) is 0 Å². The van der Waals surface area contributed by atoms with Gasteiger partial charge < -0.3 is 19.9 Å². The molecule has 1 aliphatic rings. The van der Waals surface area contributed by atoms with Crippen LogP contribution in [0.25, 0.3) is 0 Å². The summed E-state index contributed by atoms with van der Waals surface area (Å²) in [4.78, 5) is 53.6. The van der Waals surface area contributed by atoms with E-state index >= 15 is 0 Å². The number of aromatic nitrogens is 2. The van der Waals surface area contributed by atoms with Gasteiger partial charge in [-0.3, -0.25) is 23.9 Å². The molecule has 3 N–H and O–H groups in total. The van der Waals surface area contributed by atoms with E-state index in [0.29, 0.717) is 5.56 Å². The van der Waals surface area contributed by atoms with Crippen molar-refractivity contribution < 1.29 is 23.8 Å². The molecule has 0 bridgehead atoms. The minimum Gasteiger partial charge on any atom is -0.463 e. The highest BCUT2D eigenvalue weighted by Gasteiger charge is 2.43. The van der Waals surface area contributed by atoms with Crippen molar-refractivity contribution in [1.82, 2.24) is 9.55 Å². The number of nitrogens with two attached hydrogens (primary N) is 1.